The highest BCUT2D eigenvalue weighted by Gasteiger charge is 2.16. The van der Waals surface area contributed by atoms with Crippen LogP contribution in [0.3, 0.4) is 0 Å². The van der Waals surface area contributed by atoms with Crippen molar-refractivity contribution in [3.8, 4) is 0 Å². The van der Waals surface area contributed by atoms with Crippen LogP contribution in [0.1, 0.15) is 24.2 Å². The van der Waals surface area contributed by atoms with Crippen molar-refractivity contribution in [2.24, 2.45) is 11.7 Å². The molecular formula is C10H15N3O3S. The minimum atomic E-state index is -0.513. The van der Waals surface area contributed by atoms with Gasteiger partial charge in [-0.05, 0) is 5.92 Å². The Morgan fingerprint density at radius 1 is 1.65 bits per heavy atom. The molecule has 0 saturated heterocycles. The fourth-order valence-electron chi connectivity index (χ4n) is 1.09. The minimum Gasteiger partial charge on any atom is -0.350 e. The Balaban J connectivity index is 2.55. The number of nitrogens with zero attached hydrogens (tertiary/aromatic N) is 1. The molecule has 0 aromatic carbocycles. The molecule has 3 N–H and O–H groups in total. The Kier molecular flexibility index (Phi) is 4.59. The molecule has 0 bridgehead atoms. The second-order valence-corrected chi connectivity index (χ2v) is 4.94. The summed E-state index contributed by atoms with van der Waals surface area (Å²) in [6.07, 6.45) is 0. The Labute approximate surface area is 103 Å². The Bertz CT molecular complexity index is 417. The van der Waals surface area contributed by atoms with E-state index in [0.29, 0.717) is 12.1 Å². The number of nitro groups is 1. The maximum absolute atomic E-state index is 11.6. The third-order valence-electron chi connectivity index (χ3n) is 2.38. The van der Waals surface area contributed by atoms with Crippen molar-refractivity contribution in [3.63, 3.8) is 0 Å². The molecule has 1 amide bonds. The Hall–Kier alpha value is -1.47. The van der Waals surface area contributed by atoms with Crippen LogP contribution < -0.4 is 11.1 Å². The standard InChI is InChI=1S/C10H15N3O3S/c1-6(2)8(11)4-12-10(14)7-3-9(13(15)16)17-5-7/h3,5-6,8H,4,11H2,1-2H3,(H,12,14). The molecule has 6 nitrogen and oxygen atoms in total. The molecule has 1 atom stereocenters. The SMILES string of the molecule is CC(C)C(N)CNC(=O)c1csc([N+](=O)[O-])c1. The number of hydrogen-bond acceptors (Lipinski definition) is 5. The first kappa shape index (κ1) is 13.6. The molecular weight excluding hydrogens is 242 g/mol. The van der Waals surface area contributed by atoms with Crippen molar-refractivity contribution >= 4 is 22.2 Å². The molecule has 1 unspecified atom stereocenters. The highest BCUT2D eigenvalue weighted by Crippen LogP contribution is 2.22. The predicted octanol–water partition coefficient (Wildman–Crippen LogP) is 1.37. The van der Waals surface area contributed by atoms with Crippen molar-refractivity contribution in [2.75, 3.05) is 6.54 Å². The zero-order chi connectivity index (χ0) is 13.0. The molecule has 0 aliphatic rings. The predicted molar refractivity (Wildman–Crippen MR) is 66.1 cm³/mol. The van der Waals surface area contributed by atoms with Gasteiger partial charge in [-0.25, -0.2) is 0 Å². The van der Waals surface area contributed by atoms with Crippen LogP contribution in [-0.2, 0) is 0 Å². The molecule has 0 spiro atoms. The minimum absolute atomic E-state index is 0.0386. The summed E-state index contributed by atoms with van der Waals surface area (Å²) in [6.45, 7) is 4.29. The summed E-state index contributed by atoms with van der Waals surface area (Å²) < 4.78 is 0. The monoisotopic (exact) mass is 257 g/mol. The maximum Gasteiger partial charge on any atom is 0.324 e. The molecule has 0 aliphatic carbocycles. The van der Waals surface area contributed by atoms with E-state index in [-0.39, 0.29) is 22.9 Å². The van der Waals surface area contributed by atoms with Gasteiger partial charge in [-0.15, -0.1) is 0 Å². The van der Waals surface area contributed by atoms with E-state index in [0.717, 1.165) is 11.3 Å². The van der Waals surface area contributed by atoms with E-state index in [1.807, 2.05) is 13.8 Å². The van der Waals surface area contributed by atoms with E-state index >= 15 is 0 Å². The van der Waals surface area contributed by atoms with Gasteiger partial charge in [0.15, 0.2) is 0 Å². The van der Waals surface area contributed by atoms with Crippen LogP contribution in [0.15, 0.2) is 11.4 Å². The number of rotatable bonds is 5. The highest BCUT2D eigenvalue weighted by atomic mass is 32.1. The van der Waals surface area contributed by atoms with Crippen LogP contribution in [0.4, 0.5) is 5.00 Å². The summed E-state index contributed by atoms with van der Waals surface area (Å²) in [5, 5.41) is 14.5. The van der Waals surface area contributed by atoms with E-state index < -0.39 is 4.92 Å². The second kappa shape index (κ2) is 5.74. The number of nitrogens with one attached hydrogen (secondary N) is 1. The molecule has 0 fully saturated rings. The summed E-state index contributed by atoms with van der Waals surface area (Å²) in [6, 6.07) is 1.15. The van der Waals surface area contributed by atoms with E-state index in [1.54, 1.807) is 0 Å². The highest BCUT2D eigenvalue weighted by molar-refractivity contribution is 7.13. The quantitative estimate of drug-likeness (QED) is 0.614. The van der Waals surface area contributed by atoms with Gasteiger partial charge >= 0.3 is 5.00 Å². The molecule has 94 valence electrons. The van der Waals surface area contributed by atoms with Crippen LogP contribution in [0, 0.1) is 16.0 Å². The van der Waals surface area contributed by atoms with E-state index in [2.05, 4.69) is 5.32 Å². The van der Waals surface area contributed by atoms with Gasteiger partial charge in [0, 0.05) is 24.0 Å². The molecule has 1 rings (SSSR count). The van der Waals surface area contributed by atoms with Gasteiger partial charge in [0.25, 0.3) is 5.91 Å². The van der Waals surface area contributed by atoms with Gasteiger partial charge in [-0.2, -0.15) is 0 Å². The summed E-state index contributed by atoms with van der Waals surface area (Å²) in [5.74, 6) is -0.0578. The summed E-state index contributed by atoms with van der Waals surface area (Å²) >= 11 is 0.935. The number of carbonyl (C=O) groups is 1. The van der Waals surface area contributed by atoms with Gasteiger partial charge in [0.1, 0.15) is 0 Å². The molecule has 17 heavy (non-hydrogen) atoms. The van der Waals surface area contributed by atoms with Crippen molar-refractivity contribution in [1.82, 2.24) is 5.32 Å². The van der Waals surface area contributed by atoms with Crippen molar-refractivity contribution in [2.45, 2.75) is 19.9 Å². The first-order valence-corrected chi connectivity index (χ1v) is 6.06. The summed E-state index contributed by atoms with van der Waals surface area (Å²) in [4.78, 5) is 21.6. The lowest BCUT2D eigenvalue weighted by Crippen LogP contribution is -2.40. The number of amides is 1. The number of hydrogen-bond donors (Lipinski definition) is 2. The van der Waals surface area contributed by atoms with Crippen LogP contribution >= 0.6 is 11.3 Å². The van der Waals surface area contributed by atoms with Crippen LogP contribution in [0.5, 0.6) is 0 Å². The lowest BCUT2D eigenvalue weighted by Gasteiger charge is -2.15. The molecule has 1 aromatic rings. The molecule has 0 radical (unpaired) electrons. The lowest BCUT2D eigenvalue weighted by molar-refractivity contribution is -0.380. The largest absolute Gasteiger partial charge is 0.350 e. The van der Waals surface area contributed by atoms with Crippen LogP contribution in [0.2, 0.25) is 0 Å². The fourth-order valence-corrected chi connectivity index (χ4v) is 1.79. The number of nitrogens with two attached hydrogens (primary N) is 1. The third-order valence-corrected chi connectivity index (χ3v) is 3.26. The Morgan fingerprint density at radius 2 is 2.29 bits per heavy atom. The first-order valence-electron chi connectivity index (χ1n) is 5.18. The maximum atomic E-state index is 11.6. The van der Waals surface area contributed by atoms with Gasteiger partial charge < -0.3 is 11.1 Å². The number of carbonyl (C=O) groups excluding carboxylic acids is 1. The van der Waals surface area contributed by atoms with Gasteiger partial charge in [0.05, 0.1) is 10.5 Å². The van der Waals surface area contributed by atoms with Gasteiger partial charge in [-0.1, -0.05) is 25.2 Å². The lowest BCUT2D eigenvalue weighted by atomic mass is 10.1. The molecule has 1 aromatic heterocycles. The van der Waals surface area contributed by atoms with Gasteiger partial charge in [0.2, 0.25) is 0 Å². The summed E-state index contributed by atoms with van der Waals surface area (Å²) in [5.41, 5.74) is 6.08. The zero-order valence-electron chi connectivity index (χ0n) is 9.67. The van der Waals surface area contributed by atoms with Crippen LogP contribution in [0.25, 0.3) is 0 Å². The van der Waals surface area contributed by atoms with Crippen LogP contribution in [-0.4, -0.2) is 23.4 Å². The Morgan fingerprint density at radius 3 is 2.76 bits per heavy atom. The van der Waals surface area contributed by atoms with E-state index in [1.165, 1.54) is 11.4 Å². The topological polar surface area (TPSA) is 98.3 Å². The molecule has 7 heteroatoms. The molecule has 1 heterocycles. The zero-order valence-corrected chi connectivity index (χ0v) is 10.5. The van der Waals surface area contributed by atoms with E-state index in [9.17, 15) is 14.9 Å². The molecule has 0 aliphatic heterocycles. The molecule has 0 saturated carbocycles. The first-order chi connectivity index (χ1) is 7.91. The van der Waals surface area contributed by atoms with Crippen molar-refractivity contribution < 1.29 is 9.72 Å². The van der Waals surface area contributed by atoms with Gasteiger partial charge in [-0.3, -0.25) is 14.9 Å². The fraction of sp³-hybridized carbons (Fsp3) is 0.500. The van der Waals surface area contributed by atoms with Crippen molar-refractivity contribution in [3.05, 3.63) is 27.1 Å². The second-order valence-electron chi connectivity index (χ2n) is 4.05. The normalized spacial score (nSPS) is 12.5. The smallest absolute Gasteiger partial charge is 0.324 e. The van der Waals surface area contributed by atoms with E-state index in [4.69, 9.17) is 5.73 Å². The average molecular weight is 257 g/mol. The third kappa shape index (κ3) is 3.79. The summed E-state index contributed by atoms with van der Waals surface area (Å²) in [7, 11) is 0. The van der Waals surface area contributed by atoms with Crippen molar-refractivity contribution in [1.29, 1.82) is 0 Å². The average Bonchev–Trinajstić information content (AvgIpc) is 2.74. The number of thiophene rings is 1.